The summed E-state index contributed by atoms with van der Waals surface area (Å²) in [5.74, 6) is -0.819. The van der Waals surface area contributed by atoms with Gasteiger partial charge >= 0.3 is 0 Å². The van der Waals surface area contributed by atoms with Gasteiger partial charge in [-0.15, -0.1) is 0 Å². The molecule has 3 amide bonds. The Kier molecular flexibility index (Phi) is 6.10. The van der Waals surface area contributed by atoms with Crippen molar-refractivity contribution in [3.8, 4) is 0 Å². The second-order valence-corrected chi connectivity index (χ2v) is 8.44. The molecule has 1 aromatic heterocycles. The third-order valence-corrected chi connectivity index (χ3v) is 6.08. The normalized spacial score (nSPS) is 14.5. The number of thiazole rings is 1. The average molecular weight is 403 g/mol. The van der Waals surface area contributed by atoms with Crippen molar-refractivity contribution in [1.82, 2.24) is 14.8 Å². The maximum atomic E-state index is 13.0. The molecule has 1 aliphatic heterocycles. The molecule has 0 unspecified atom stereocenters. The van der Waals surface area contributed by atoms with Gasteiger partial charge in [-0.2, -0.15) is 0 Å². The predicted molar refractivity (Wildman–Crippen MR) is 111 cm³/mol. The van der Waals surface area contributed by atoms with E-state index in [1.54, 1.807) is 4.90 Å². The first kappa shape index (κ1) is 20.4. The number of hydrogen-bond donors (Lipinski definition) is 0. The van der Waals surface area contributed by atoms with Gasteiger partial charge in [0.05, 0.1) is 10.2 Å². The lowest BCUT2D eigenvalue weighted by atomic mass is 10.1. The summed E-state index contributed by atoms with van der Waals surface area (Å²) >= 11 is 1.47. The van der Waals surface area contributed by atoms with Crippen LogP contribution in [0.4, 0.5) is 5.13 Å². The van der Waals surface area contributed by atoms with E-state index in [0.717, 1.165) is 39.2 Å². The molecule has 0 spiro atoms. The lowest BCUT2D eigenvalue weighted by molar-refractivity contribution is -0.141. The Morgan fingerprint density at radius 3 is 2.46 bits per heavy atom. The van der Waals surface area contributed by atoms with Crippen molar-refractivity contribution in [3.05, 3.63) is 23.3 Å². The van der Waals surface area contributed by atoms with Gasteiger partial charge in [-0.1, -0.05) is 17.4 Å². The van der Waals surface area contributed by atoms with E-state index < -0.39 is 0 Å². The Balaban J connectivity index is 1.88. The molecule has 0 radical (unpaired) electrons. The molecule has 0 atom stereocenters. The van der Waals surface area contributed by atoms with Crippen molar-refractivity contribution in [2.45, 2.75) is 33.1 Å². The summed E-state index contributed by atoms with van der Waals surface area (Å²) in [5.41, 5.74) is 3.16. The number of fused-ring (bicyclic) bond motifs is 1. The summed E-state index contributed by atoms with van der Waals surface area (Å²) in [6.45, 7) is 5.17. The van der Waals surface area contributed by atoms with Crippen LogP contribution in [0.15, 0.2) is 12.1 Å². The SMILES string of the molecule is Cc1ccc2sc(N(CCCN(C)C)C(=O)CN3C(=O)CCC3=O)nc2c1C. The summed E-state index contributed by atoms with van der Waals surface area (Å²) in [5, 5.41) is 0.617. The molecule has 1 saturated heterocycles. The maximum Gasteiger partial charge on any atom is 0.248 e. The molecule has 1 fully saturated rings. The van der Waals surface area contributed by atoms with Crippen LogP contribution in [0.3, 0.4) is 0 Å². The minimum absolute atomic E-state index is 0.187. The first-order valence-corrected chi connectivity index (χ1v) is 10.2. The van der Waals surface area contributed by atoms with Gasteiger partial charge in [-0.25, -0.2) is 4.98 Å². The zero-order valence-corrected chi connectivity index (χ0v) is 17.6. The third kappa shape index (κ3) is 4.23. The standard InChI is InChI=1S/C20H26N4O3S/c1-13-6-7-15-19(14(13)2)21-20(28-15)23(11-5-10-22(3)4)18(27)12-24-16(25)8-9-17(24)26/h6-7H,5,8-12H2,1-4H3. The first-order chi connectivity index (χ1) is 13.3. The second-order valence-electron chi connectivity index (χ2n) is 7.43. The summed E-state index contributed by atoms with van der Waals surface area (Å²) in [6.07, 6.45) is 1.15. The van der Waals surface area contributed by atoms with E-state index in [9.17, 15) is 14.4 Å². The first-order valence-electron chi connectivity index (χ1n) is 9.43. The summed E-state index contributed by atoms with van der Waals surface area (Å²) in [6, 6.07) is 4.08. The third-order valence-electron chi connectivity index (χ3n) is 5.04. The number of carbonyl (C=O) groups excluding carboxylic acids is 3. The fraction of sp³-hybridized carbons (Fsp3) is 0.500. The van der Waals surface area contributed by atoms with Gasteiger partial charge in [-0.05, 0) is 58.1 Å². The van der Waals surface area contributed by atoms with Gasteiger partial charge in [0.2, 0.25) is 17.7 Å². The van der Waals surface area contributed by atoms with Gasteiger partial charge in [0.15, 0.2) is 5.13 Å². The Morgan fingerprint density at radius 1 is 1.14 bits per heavy atom. The number of benzene rings is 1. The minimum atomic E-state index is -0.276. The van der Waals surface area contributed by atoms with Crippen molar-refractivity contribution in [2.75, 3.05) is 38.6 Å². The quantitative estimate of drug-likeness (QED) is 0.665. The van der Waals surface area contributed by atoms with Crippen LogP contribution in [0, 0.1) is 13.8 Å². The van der Waals surface area contributed by atoms with E-state index in [2.05, 4.69) is 11.0 Å². The van der Waals surface area contributed by atoms with Crippen LogP contribution in [-0.4, -0.2) is 66.2 Å². The van der Waals surface area contributed by atoms with E-state index in [-0.39, 0.29) is 37.1 Å². The zero-order chi connectivity index (χ0) is 20.4. The number of aromatic nitrogens is 1. The summed E-state index contributed by atoms with van der Waals surface area (Å²) in [7, 11) is 3.97. The van der Waals surface area contributed by atoms with Gasteiger partial charge in [-0.3, -0.25) is 24.2 Å². The highest BCUT2D eigenvalue weighted by molar-refractivity contribution is 7.22. The number of nitrogens with zero attached hydrogens (tertiary/aromatic N) is 4. The highest BCUT2D eigenvalue weighted by Gasteiger charge is 2.32. The van der Waals surface area contributed by atoms with E-state index in [1.165, 1.54) is 11.3 Å². The number of rotatable bonds is 7. The highest BCUT2D eigenvalue weighted by atomic mass is 32.1. The number of anilines is 1. The monoisotopic (exact) mass is 402 g/mol. The Morgan fingerprint density at radius 2 is 1.82 bits per heavy atom. The molecule has 0 saturated carbocycles. The second kappa shape index (κ2) is 8.36. The molecule has 0 aliphatic carbocycles. The molecule has 7 nitrogen and oxygen atoms in total. The number of carbonyl (C=O) groups is 3. The minimum Gasteiger partial charge on any atom is -0.309 e. The van der Waals surface area contributed by atoms with Crippen molar-refractivity contribution in [2.24, 2.45) is 0 Å². The zero-order valence-electron chi connectivity index (χ0n) is 16.8. The van der Waals surface area contributed by atoms with Crippen LogP contribution in [0.1, 0.15) is 30.4 Å². The van der Waals surface area contributed by atoms with Crippen LogP contribution >= 0.6 is 11.3 Å². The van der Waals surface area contributed by atoms with Crippen molar-refractivity contribution < 1.29 is 14.4 Å². The van der Waals surface area contributed by atoms with Crippen molar-refractivity contribution in [3.63, 3.8) is 0 Å². The lowest BCUT2D eigenvalue weighted by Gasteiger charge is -2.23. The molecule has 2 heterocycles. The lowest BCUT2D eigenvalue weighted by Crippen LogP contribution is -2.43. The fourth-order valence-corrected chi connectivity index (χ4v) is 4.29. The molecule has 0 bridgehead atoms. The summed E-state index contributed by atoms with van der Waals surface area (Å²) < 4.78 is 1.02. The van der Waals surface area contributed by atoms with Crippen LogP contribution in [0.25, 0.3) is 10.2 Å². The molecule has 2 aromatic rings. The average Bonchev–Trinajstić information content (AvgIpc) is 3.20. The van der Waals surface area contributed by atoms with E-state index in [1.807, 2.05) is 34.0 Å². The number of aryl methyl sites for hydroxylation is 2. The van der Waals surface area contributed by atoms with E-state index in [4.69, 9.17) is 4.98 Å². The number of likely N-dealkylation sites (tertiary alicyclic amines) is 1. The Labute approximate surface area is 168 Å². The molecule has 150 valence electrons. The van der Waals surface area contributed by atoms with Crippen LogP contribution in [0.5, 0.6) is 0 Å². The number of hydrogen-bond acceptors (Lipinski definition) is 6. The van der Waals surface area contributed by atoms with Gasteiger partial charge in [0.1, 0.15) is 6.54 Å². The van der Waals surface area contributed by atoms with Crippen molar-refractivity contribution >= 4 is 44.4 Å². The number of imide groups is 1. The van der Waals surface area contributed by atoms with Crippen LogP contribution in [0.2, 0.25) is 0 Å². The maximum absolute atomic E-state index is 13.0. The molecular weight excluding hydrogens is 376 g/mol. The topological polar surface area (TPSA) is 73.8 Å². The van der Waals surface area contributed by atoms with Gasteiger partial charge in [0.25, 0.3) is 0 Å². The van der Waals surface area contributed by atoms with Crippen molar-refractivity contribution in [1.29, 1.82) is 0 Å². The molecule has 8 heteroatoms. The molecule has 1 aliphatic rings. The van der Waals surface area contributed by atoms with E-state index >= 15 is 0 Å². The largest absolute Gasteiger partial charge is 0.309 e. The van der Waals surface area contributed by atoms with Gasteiger partial charge < -0.3 is 4.90 Å². The molecule has 1 aromatic carbocycles. The summed E-state index contributed by atoms with van der Waals surface area (Å²) in [4.78, 5) is 46.4. The Hall–Kier alpha value is -2.32. The van der Waals surface area contributed by atoms with Gasteiger partial charge in [0, 0.05) is 19.4 Å². The molecule has 28 heavy (non-hydrogen) atoms. The number of amides is 3. The Bertz CT molecular complexity index is 906. The molecular formula is C20H26N4O3S. The predicted octanol–water partition coefficient (Wildman–Crippen LogP) is 2.35. The highest BCUT2D eigenvalue weighted by Crippen LogP contribution is 2.32. The molecule has 3 rings (SSSR count). The molecule has 0 N–H and O–H groups in total. The van der Waals surface area contributed by atoms with Crippen LogP contribution in [-0.2, 0) is 14.4 Å². The fourth-order valence-electron chi connectivity index (χ4n) is 3.22. The smallest absolute Gasteiger partial charge is 0.248 e. The van der Waals surface area contributed by atoms with E-state index in [0.29, 0.717) is 11.7 Å². The van der Waals surface area contributed by atoms with Crippen LogP contribution < -0.4 is 4.90 Å².